The number of nitrogens with one attached hydrogen (secondary N) is 2. The van der Waals surface area contributed by atoms with Gasteiger partial charge in [-0.2, -0.15) is 0 Å². The van der Waals surface area contributed by atoms with Crippen molar-refractivity contribution in [2.24, 2.45) is 0 Å². The molecule has 3 aliphatic rings. The number of piperazine rings is 1. The van der Waals surface area contributed by atoms with Crippen LogP contribution < -0.4 is 20.4 Å². The summed E-state index contributed by atoms with van der Waals surface area (Å²) in [5, 5.41) is 5.68. The van der Waals surface area contributed by atoms with Crippen molar-refractivity contribution in [1.82, 2.24) is 15.5 Å². The van der Waals surface area contributed by atoms with E-state index < -0.39 is 18.0 Å². The summed E-state index contributed by atoms with van der Waals surface area (Å²) in [6.07, 6.45) is -1.07. The van der Waals surface area contributed by atoms with Gasteiger partial charge in [0.25, 0.3) is 0 Å². The molecule has 0 spiro atoms. The third-order valence-electron chi connectivity index (χ3n) is 6.16. The molecule has 10 nitrogen and oxygen atoms in total. The number of amides is 2. The minimum Gasteiger partial charge on any atom is -0.442 e. The predicted molar refractivity (Wildman–Crippen MR) is 139 cm³/mol. The first-order valence-corrected chi connectivity index (χ1v) is 13.9. The van der Waals surface area contributed by atoms with Crippen molar-refractivity contribution in [3.8, 4) is 0 Å². The first kappa shape index (κ1) is 27.0. The molecule has 3 aliphatic heterocycles. The van der Waals surface area contributed by atoms with Crippen LogP contribution >= 0.6 is 23.5 Å². The smallest absolute Gasteiger partial charge is 0.414 e. The van der Waals surface area contributed by atoms with Crippen LogP contribution in [0.15, 0.2) is 18.2 Å². The number of cyclic esters (lactones) is 1. The van der Waals surface area contributed by atoms with Crippen LogP contribution in [0.4, 0.5) is 25.4 Å². The number of rotatable bonds is 8. The van der Waals surface area contributed by atoms with E-state index in [2.05, 4.69) is 15.5 Å². The number of carbonyl (C=O) groups is 3. The van der Waals surface area contributed by atoms with Crippen molar-refractivity contribution < 1.29 is 28.2 Å². The lowest BCUT2D eigenvalue weighted by Crippen LogP contribution is -2.50. The largest absolute Gasteiger partial charge is 0.442 e. The Morgan fingerprint density at radius 2 is 2.06 bits per heavy atom. The second kappa shape index (κ2) is 13.0. The highest BCUT2D eigenvalue weighted by atomic mass is 32.2. The Hall–Kier alpha value is -2.06. The molecule has 1 aromatic rings. The van der Waals surface area contributed by atoms with Crippen LogP contribution in [0.5, 0.6) is 0 Å². The molecule has 13 heteroatoms. The summed E-state index contributed by atoms with van der Waals surface area (Å²) in [5.41, 5.74) is 0.784. The van der Waals surface area contributed by atoms with Crippen LogP contribution in [-0.2, 0) is 14.3 Å². The van der Waals surface area contributed by atoms with Crippen molar-refractivity contribution in [1.29, 1.82) is 0 Å². The summed E-state index contributed by atoms with van der Waals surface area (Å²) in [7, 11) is 0. The van der Waals surface area contributed by atoms with E-state index in [0.29, 0.717) is 36.8 Å². The monoisotopic (exact) mass is 541 g/mol. The van der Waals surface area contributed by atoms with Gasteiger partial charge in [-0.25, -0.2) is 9.18 Å². The lowest BCUT2D eigenvalue weighted by Gasteiger charge is -2.37. The van der Waals surface area contributed by atoms with Gasteiger partial charge in [-0.05, 0) is 18.2 Å². The van der Waals surface area contributed by atoms with Gasteiger partial charge in [0.1, 0.15) is 11.9 Å². The van der Waals surface area contributed by atoms with Crippen LogP contribution in [0.2, 0.25) is 0 Å². The molecule has 0 radical (unpaired) electrons. The number of hydrogen-bond donors (Lipinski definition) is 2. The highest BCUT2D eigenvalue weighted by Gasteiger charge is 2.34. The quantitative estimate of drug-likeness (QED) is 0.508. The number of halogens is 1. The van der Waals surface area contributed by atoms with E-state index >= 15 is 4.39 Å². The molecule has 1 unspecified atom stereocenters. The van der Waals surface area contributed by atoms with E-state index in [9.17, 15) is 14.4 Å². The number of carbonyl (C=O) groups excluding carboxylic acids is 3. The van der Waals surface area contributed by atoms with Crippen molar-refractivity contribution in [3.63, 3.8) is 0 Å². The third-order valence-corrected chi connectivity index (χ3v) is 8.31. The van der Waals surface area contributed by atoms with Gasteiger partial charge >= 0.3 is 6.09 Å². The van der Waals surface area contributed by atoms with Crippen molar-refractivity contribution >= 4 is 51.3 Å². The number of benzene rings is 1. The Morgan fingerprint density at radius 1 is 1.25 bits per heavy atom. The Bertz CT molecular complexity index is 951. The van der Waals surface area contributed by atoms with Crippen molar-refractivity contribution in [3.05, 3.63) is 24.0 Å². The molecule has 0 saturated carbocycles. The molecular formula is C23H32FN5O5S2. The minimum atomic E-state index is -0.576. The summed E-state index contributed by atoms with van der Waals surface area (Å²) in [4.78, 5) is 41.6. The second-order valence-electron chi connectivity index (χ2n) is 8.71. The normalized spacial score (nSPS) is 23.0. The molecule has 2 atom stereocenters. The van der Waals surface area contributed by atoms with Crippen LogP contribution in [0, 0.1) is 5.82 Å². The van der Waals surface area contributed by atoms with Gasteiger partial charge in [0, 0.05) is 51.9 Å². The van der Waals surface area contributed by atoms with E-state index in [4.69, 9.17) is 9.47 Å². The summed E-state index contributed by atoms with van der Waals surface area (Å²) in [6, 6.07) is 4.65. The molecule has 0 bridgehead atoms. The number of morpholine rings is 1. The molecule has 198 valence electrons. The van der Waals surface area contributed by atoms with Gasteiger partial charge in [-0.1, -0.05) is 23.5 Å². The number of ether oxygens (including phenoxy) is 2. The Labute approximate surface area is 218 Å². The van der Waals surface area contributed by atoms with Gasteiger partial charge in [0.15, 0.2) is 0 Å². The zero-order chi connectivity index (χ0) is 25.5. The SMILES string of the molecule is CC(=O)NC[C@H]1CN(c2ccc(N3CCNCC3SC(=O)SCCN3CCOCC3)c(F)c2)C(=O)O1. The lowest BCUT2D eigenvalue weighted by atomic mass is 10.2. The molecule has 4 rings (SSSR count). The fourth-order valence-corrected chi connectivity index (χ4v) is 6.42. The summed E-state index contributed by atoms with van der Waals surface area (Å²) in [5.74, 6) is 0.0343. The highest BCUT2D eigenvalue weighted by Crippen LogP contribution is 2.33. The third kappa shape index (κ3) is 7.25. The maximum atomic E-state index is 15.3. The zero-order valence-electron chi connectivity index (χ0n) is 20.2. The molecule has 2 amide bonds. The molecule has 3 fully saturated rings. The molecule has 2 N–H and O–H groups in total. The Morgan fingerprint density at radius 3 is 2.81 bits per heavy atom. The van der Waals surface area contributed by atoms with Gasteiger partial charge in [-0.15, -0.1) is 0 Å². The highest BCUT2D eigenvalue weighted by molar-refractivity contribution is 8.38. The maximum Gasteiger partial charge on any atom is 0.414 e. The summed E-state index contributed by atoms with van der Waals surface area (Å²) in [6.45, 7) is 7.71. The lowest BCUT2D eigenvalue weighted by molar-refractivity contribution is -0.119. The molecule has 0 aromatic heterocycles. The second-order valence-corrected chi connectivity index (χ2v) is 11.2. The van der Waals surface area contributed by atoms with Crippen LogP contribution in [0.1, 0.15) is 6.92 Å². The minimum absolute atomic E-state index is 0.0176. The molecule has 3 heterocycles. The Balaban J connectivity index is 1.34. The molecule has 36 heavy (non-hydrogen) atoms. The number of anilines is 2. The zero-order valence-corrected chi connectivity index (χ0v) is 21.9. The van der Waals surface area contributed by atoms with Crippen molar-refractivity contribution in [2.45, 2.75) is 18.4 Å². The summed E-state index contributed by atoms with van der Waals surface area (Å²) >= 11 is 2.51. The number of hydrogen-bond acceptors (Lipinski definition) is 10. The number of thioether (sulfide) groups is 2. The van der Waals surface area contributed by atoms with E-state index in [1.54, 1.807) is 12.1 Å². The van der Waals surface area contributed by atoms with Crippen molar-refractivity contribution in [2.75, 3.05) is 81.1 Å². The Kier molecular flexibility index (Phi) is 9.71. The van der Waals surface area contributed by atoms with E-state index in [1.807, 2.05) is 4.90 Å². The topological polar surface area (TPSA) is 103 Å². The summed E-state index contributed by atoms with van der Waals surface area (Å²) < 4.78 is 25.9. The molecule has 3 saturated heterocycles. The van der Waals surface area contributed by atoms with Crippen LogP contribution in [-0.4, -0.2) is 104 Å². The predicted octanol–water partition coefficient (Wildman–Crippen LogP) is 1.94. The van der Waals surface area contributed by atoms with Gasteiger partial charge in [0.05, 0.1) is 43.1 Å². The van der Waals surface area contributed by atoms with Gasteiger partial charge < -0.3 is 25.0 Å². The van der Waals surface area contributed by atoms with E-state index in [1.165, 1.54) is 41.4 Å². The maximum absolute atomic E-state index is 15.3. The van der Waals surface area contributed by atoms with Gasteiger partial charge in [0.2, 0.25) is 10.4 Å². The fraction of sp³-hybridized carbons (Fsp3) is 0.609. The fourth-order valence-electron chi connectivity index (χ4n) is 4.28. The first-order valence-electron chi connectivity index (χ1n) is 12.0. The van der Waals surface area contributed by atoms with E-state index in [0.717, 1.165) is 32.8 Å². The average molecular weight is 542 g/mol. The standard InChI is InChI=1S/C23H32FN5O5S2/c1-16(30)26-13-18-15-29(22(31)34-18)17-2-3-20(19(24)12-17)28-5-4-25-14-21(28)36-23(32)35-11-8-27-6-9-33-10-7-27/h2-3,12,18,21,25H,4-11,13-15H2,1H3,(H,26,30)/t18-,21?/m0/s1. The first-order chi connectivity index (χ1) is 17.4. The van der Waals surface area contributed by atoms with Crippen LogP contribution in [0.3, 0.4) is 0 Å². The van der Waals surface area contributed by atoms with Gasteiger partial charge in [-0.3, -0.25) is 19.4 Å². The molecule has 0 aliphatic carbocycles. The molecule has 1 aromatic carbocycles. The van der Waals surface area contributed by atoms with E-state index in [-0.39, 0.29) is 28.8 Å². The average Bonchev–Trinajstić information content (AvgIpc) is 3.24. The number of nitrogens with zero attached hydrogens (tertiary/aromatic N) is 3. The van der Waals surface area contributed by atoms with Crippen LogP contribution in [0.25, 0.3) is 0 Å². The molecular weight excluding hydrogens is 509 g/mol.